The van der Waals surface area contributed by atoms with Gasteiger partial charge in [-0.2, -0.15) is 4.31 Å². The van der Waals surface area contributed by atoms with Crippen LogP contribution in [0.5, 0.6) is 5.75 Å². The van der Waals surface area contributed by atoms with Gasteiger partial charge in [-0.15, -0.1) is 10.2 Å². The molecule has 3 aromatic rings. The molecule has 0 atom stereocenters. The molecule has 0 aliphatic carbocycles. The van der Waals surface area contributed by atoms with Crippen LogP contribution in [0.3, 0.4) is 0 Å². The van der Waals surface area contributed by atoms with E-state index >= 15 is 0 Å². The minimum Gasteiger partial charge on any atom is -0.496 e. The van der Waals surface area contributed by atoms with Gasteiger partial charge in [-0.25, -0.2) is 13.4 Å². The van der Waals surface area contributed by atoms with Gasteiger partial charge in [0.25, 0.3) is 5.91 Å². The van der Waals surface area contributed by atoms with E-state index in [1.54, 1.807) is 30.6 Å². The number of benzene rings is 1. The number of carbonyl (C=O) groups excluding carboxylic acids is 1. The van der Waals surface area contributed by atoms with Crippen LogP contribution in [0.1, 0.15) is 49.7 Å². The lowest BCUT2D eigenvalue weighted by molar-refractivity contribution is 0.102. The highest BCUT2D eigenvalue weighted by Crippen LogP contribution is 2.36. The maximum atomic E-state index is 13.1. The molecule has 1 aliphatic rings. The number of nitrogens with one attached hydrogen (secondary N) is 1. The van der Waals surface area contributed by atoms with Crippen molar-refractivity contribution in [2.45, 2.75) is 51.2 Å². The standard InChI is InChI=1S/C22H26N6O4S/c1-13(2)27-12-23-26-21(27)17-7-6-8-20(24-17)25-22(29)16-10-19-15(9-18(16)32-5)11-28(14(3)4)33(19,30)31/h6-10,12-14H,11H2,1-5H3,(H,24,25,29). The molecule has 3 heterocycles. The lowest BCUT2D eigenvalue weighted by Gasteiger charge is -2.18. The predicted octanol–water partition coefficient (Wildman–Crippen LogP) is 3.09. The quantitative estimate of drug-likeness (QED) is 0.588. The van der Waals surface area contributed by atoms with Gasteiger partial charge in [0.2, 0.25) is 10.0 Å². The van der Waals surface area contributed by atoms with E-state index in [1.807, 2.05) is 32.3 Å². The summed E-state index contributed by atoms with van der Waals surface area (Å²) in [6, 6.07) is 8.10. The van der Waals surface area contributed by atoms with Gasteiger partial charge in [0, 0.05) is 18.6 Å². The predicted molar refractivity (Wildman–Crippen MR) is 122 cm³/mol. The Balaban J connectivity index is 1.67. The number of amides is 1. The Labute approximate surface area is 192 Å². The zero-order chi connectivity index (χ0) is 23.9. The number of carbonyl (C=O) groups is 1. The van der Waals surface area contributed by atoms with Crippen LogP contribution in [-0.2, 0) is 16.6 Å². The molecule has 0 saturated carbocycles. The smallest absolute Gasteiger partial charge is 0.260 e. The number of hydrogen-bond acceptors (Lipinski definition) is 7. The summed E-state index contributed by atoms with van der Waals surface area (Å²) in [7, 11) is -2.24. The van der Waals surface area contributed by atoms with Gasteiger partial charge < -0.3 is 14.6 Å². The van der Waals surface area contributed by atoms with Crippen molar-refractivity contribution in [2.75, 3.05) is 12.4 Å². The molecule has 0 radical (unpaired) electrons. The third-order valence-corrected chi connectivity index (χ3v) is 7.57. The van der Waals surface area contributed by atoms with E-state index in [1.165, 1.54) is 17.5 Å². The van der Waals surface area contributed by atoms with Crippen LogP contribution in [0.2, 0.25) is 0 Å². The lowest BCUT2D eigenvalue weighted by Crippen LogP contribution is -2.31. The van der Waals surface area contributed by atoms with Crippen LogP contribution in [0.15, 0.2) is 41.6 Å². The maximum Gasteiger partial charge on any atom is 0.260 e. The largest absolute Gasteiger partial charge is 0.496 e. The fourth-order valence-corrected chi connectivity index (χ4v) is 5.61. The second-order valence-corrected chi connectivity index (χ2v) is 10.2. The van der Waals surface area contributed by atoms with Crippen molar-refractivity contribution in [3.63, 3.8) is 0 Å². The minimum absolute atomic E-state index is 0.114. The van der Waals surface area contributed by atoms with Crippen molar-refractivity contribution in [3.8, 4) is 17.3 Å². The minimum atomic E-state index is -3.68. The molecule has 10 nitrogen and oxygen atoms in total. The number of nitrogens with zero attached hydrogens (tertiary/aromatic N) is 5. The molecule has 11 heteroatoms. The average molecular weight is 471 g/mol. The number of rotatable bonds is 6. The topological polar surface area (TPSA) is 119 Å². The average Bonchev–Trinajstić information content (AvgIpc) is 3.36. The molecule has 1 N–H and O–H groups in total. The fraction of sp³-hybridized carbons (Fsp3) is 0.364. The van der Waals surface area contributed by atoms with Gasteiger partial charge in [0.05, 0.1) is 17.6 Å². The van der Waals surface area contributed by atoms with Crippen molar-refractivity contribution < 1.29 is 17.9 Å². The normalized spacial score (nSPS) is 15.1. The second-order valence-electron chi connectivity index (χ2n) is 8.32. The van der Waals surface area contributed by atoms with E-state index in [-0.39, 0.29) is 29.1 Å². The Hall–Kier alpha value is -3.31. The Morgan fingerprint density at radius 1 is 1.15 bits per heavy atom. The number of pyridine rings is 1. The third-order valence-electron chi connectivity index (χ3n) is 5.47. The van der Waals surface area contributed by atoms with Gasteiger partial charge in [0.1, 0.15) is 23.6 Å². The highest BCUT2D eigenvalue weighted by Gasteiger charge is 2.38. The first-order valence-electron chi connectivity index (χ1n) is 10.5. The number of ether oxygens (including phenoxy) is 1. The summed E-state index contributed by atoms with van der Waals surface area (Å²) < 4.78 is 34.6. The van der Waals surface area contributed by atoms with Crippen molar-refractivity contribution in [2.24, 2.45) is 0 Å². The van der Waals surface area contributed by atoms with Gasteiger partial charge in [-0.3, -0.25) is 4.79 Å². The Morgan fingerprint density at radius 3 is 2.58 bits per heavy atom. The van der Waals surface area contributed by atoms with Crippen LogP contribution < -0.4 is 10.1 Å². The first-order chi connectivity index (χ1) is 15.6. The number of aromatic nitrogens is 4. The highest BCUT2D eigenvalue weighted by molar-refractivity contribution is 7.89. The number of anilines is 1. The molecule has 0 fully saturated rings. The summed E-state index contributed by atoms with van der Waals surface area (Å²) in [5.41, 5.74) is 1.27. The van der Waals surface area contributed by atoms with Crippen molar-refractivity contribution in [1.29, 1.82) is 0 Å². The molecule has 0 spiro atoms. The maximum absolute atomic E-state index is 13.1. The molecular formula is C22H26N6O4S. The van der Waals surface area contributed by atoms with Crippen molar-refractivity contribution in [1.82, 2.24) is 24.1 Å². The van der Waals surface area contributed by atoms with E-state index < -0.39 is 15.9 Å². The summed E-state index contributed by atoms with van der Waals surface area (Å²) in [6.45, 7) is 7.88. The summed E-state index contributed by atoms with van der Waals surface area (Å²) >= 11 is 0. The van der Waals surface area contributed by atoms with Gasteiger partial charge in [-0.1, -0.05) is 6.07 Å². The highest BCUT2D eigenvalue weighted by atomic mass is 32.2. The monoisotopic (exact) mass is 470 g/mol. The van der Waals surface area contributed by atoms with Crippen LogP contribution in [-0.4, -0.2) is 51.5 Å². The Bertz CT molecular complexity index is 1320. The van der Waals surface area contributed by atoms with Crippen molar-refractivity contribution >= 4 is 21.7 Å². The van der Waals surface area contributed by atoms with Crippen LogP contribution >= 0.6 is 0 Å². The molecule has 1 aliphatic heterocycles. The third kappa shape index (κ3) is 4.09. The number of hydrogen-bond donors (Lipinski definition) is 1. The molecule has 0 unspecified atom stereocenters. The number of sulfonamides is 1. The molecule has 0 saturated heterocycles. The van der Waals surface area contributed by atoms with E-state index in [0.717, 1.165) is 0 Å². The molecule has 1 amide bonds. The van der Waals surface area contributed by atoms with Crippen LogP contribution in [0.25, 0.3) is 11.5 Å². The number of methoxy groups -OCH3 is 1. The molecular weight excluding hydrogens is 444 g/mol. The van der Waals surface area contributed by atoms with E-state index in [0.29, 0.717) is 28.6 Å². The van der Waals surface area contributed by atoms with E-state index in [9.17, 15) is 13.2 Å². The Morgan fingerprint density at radius 2 is 1.91 bits per heavy atom. The van der Waals surface area contributed by atoms with Gasteiger partial charge >= 0.3 is 0 Å². The first-order valence-corrected chi connectivity index (χ1v) is 12.0. The summed E-state index contributed by atoms with van der Waals surface area (Å²) in [5, 5.41) is 10.8. The van der Waals surface area contributed by atoms with Gasteiger partial charge in [0.15, 0.2) is 5.82 Å². The summed E-state index contributed by atoms with van der Waals surface area (Å²) in [4.78, 5) is 17.7. The molecule has 4 rings (SSSR count). The second kappa shape index (κ2) is 8.56. The molecule has 33 heavy (non-hydrogen) atoms. The molecule has 1 aromatic carbocycles. The molecule has 174 valence electrons. The first kappa shape index (κ1) is 22.9. The number of fused-ring (bicyclic) bond motifs is 1. The zero-order valence-electron chi connectivity index (χ0n) is 19.1. The van der Waals surface area contributed by atoms with E-state index in [4.69, 9.17) is 4.74 Å². The lowest BCUT2D eigenvalue weighted by atomic mass is 10.1. The summed E-state index contributed by atoms with van der Waals surface area (Å²) in [5.74, 6) is 0.645. The fourth-order valence-electron chi connectivity index (χ4n) is 3.77. The van der Waals surface area contributed by atoms with E-state index in [2.05, 4.69) is 20.5 Å². The molecule has 0 bridgehead atoms. The SMILES string of the molecule is COc1cc2c(cc1C(=O)Nc1cccc(-c3nncn3C(C)C)n1)S(=O)(=O)N(C(C)C)C2. The van der Waals surface area contributed by atoms with Crippen LogP contribution in [0, 0.1) is 0 Å². The molecule has 2 aromatic heterocycles. The van der Waals surface area contributed by atoms with Crippen molar-refractivity contribution in [3.05, 3.63) is 47.8 Å². The summed E-state index contributed by atoms with van der Waals surface area (Å²) in [6.07, 6.45) is 1.63. The Kier molecular flexibility index (Phi) is 5.93. The van der Waals surface area contributed by atoms with Gasteiger partial charge in [-0.05, 0) is 57.5 Å². The van der Waals surface area contributed by atoms with Crippen LogP contribution in [0.4, 0.5) is 5.82 Å². The zero-order valence-corrected chi connectivity index (χ0v) is 19.9.